The molecular formula is C26H20ClN3. The van der Waals surface area contributed by atoms with Gasteiger partial charge in [-0.25, -0.2) is 15.0 Å². The van der Waals surface area contributed by atoms with Crippen LogP contribution in [0.2, 0.25) is 5.02 Å². The maximum Gasteiger partial charge on any atom is 0.164 e. The average molecular weight is 410 g/mol. The summed E-state index contributed by atoms with van der Waals surface area (Å²) in [6.45, 7) is 5.87. The van der Waals surface area contributed by atoms with Gasteiger partial charge in [-0.2, -0.15) is 0 Å². The summed E-state index contributed by atoms with van der Waals surface area (Å²) in [6, 6.07) is 25.6. The van der Waals surface area contributed by atoms with E-state index in [0.29, 0.717) is 22.5 Å². The average Bonchev–Trinajstić information content (AvgIpc) is 2.81. The molecule has 4 aromatic rings. The van der Waals surface area contributed by atoms with Crippen LogP contribution in [0.15, 0.2) is 97.6 Å². The van der Waals surface area contributed by atoms with Crippen LogP contribution in [0.4, 0.5) is 0 Å². The van der Waals surface area contributed by atoms with Gasteiger partial charge in [-0.05, 0) is 30.2 Å². The summed E-state index contributed by atoms with van der Waals surface area (Å²) >= 11 is 6.20. The molecule has 0 spiro atoms. The van der Waals surface area contributed by atoms with E-state index >= 15 is 0 Å². The van der Waals surface area contributed by atoms with Gasteiger partial charge >= 0.3 is 0 Å². The molecule has 0 atom stereocenters. The van der Waals surface area contributed by atoms with E-state index in [-0.39, 0.29) is 0 Å². The van der Waals surface area contributed by atoms with Crippen molar-refractivity contribution in [2.45, 2.75) is 6.92 Å². The van der Waals surface area contributed by atoms with Gasteiger partial charge in [0.2, 0.25) is 0 Å². The molecule has 0 saturated carbocycles. The van der Waals surface area contributed by atoms with Crippen LogP contribution in [0.5, 0.6) is 0 Å². The fraction of sp³-hybridized carbons (Fsp3) is 0.0385. The lowest BCUT2D eigenvalue weighted by molar-refractivity contribution is 1.07. The molecule has 0 amide bonds. The molecule has 1 aromatic heterocycles. The molecule has 0 radical (unpaired) electrons. The summed E-state index contributed by atoms with van der Waals surface area (Å²) in [4.78, 5) is 14.2. The summed E-state index contributed by atoms with van der Waals surface area (Å²) in [5.41, 5.74) is 4.89. The molecule has 30 heavy (non-hydrogen) atoms. The first-order valence-corrected chi connectivity index (χ1v) is 10.0. The lowest BCUT2D eigenvalue weighted by Gasteiger charge is -2.09. The van der Waals surface area contributed by atoms with Crippen LogP contribution >= 0.6 is 11.6 Å². The van der Waals surface area contributed by atoms with Gasteiger partial charge in [0.1, 0.15) is 0 Å². The highest BCUT2D eigenvalue weighted by atomic mass is 35.5. The molecule has 0 N–H and O–H groups in total. The van der Waals surface area contributed by atoms with E-state index in [9.17, 15) is 0 Å². The van der Waals surface area contributed by atoms with Gasteiger partial charge in [0.25, 0.3) is 0 Å². The number of halogens is 1. The fourth-order valence-electron chi connectivity index (χ4n) is 3.19. The quantitative estimate of drug-likeness (QED) is 0.329. The number of rotatable bonds is 5. The number of aromatic nitrogens is 3. The predicted octanol–water partition coefficient (Wildman–Crippen LogP) is 7.12. The molecule has 0 aliphatic carbocycles. The molecule has 3 aromatic carbocycles. The van der Waals surface area contributed by atoms with E-state index < -0.39 is 0 Å². The number of hydrogen-bond donors (Lipinski definition) is 0. The number of allylic oxidation sites excluding steroid dienone is 3. The van der Waals surface area contributed by atoms with Crippen LogP contribution in [-0.2, 0) is 0 Å². The Hall–Kier alpha value is -3.56. The van der Waals surface area contributed by atoms with Crippen LogP contribution in [0, 0.1) is 0 Å². The van der Waals surface area contributed by atoms with Crippen molar-refractivity contribution in [2.24, 2.45) is 0 Å². The van der Waals surface area contributed by atoms with E-state index in [2.05, 4.69) is 18.7 Å². The fourth-order valence-corrected chi connectivity index (χ4v) is 3.38. The molecule has 1 heterocycles. The summed E-state index contributed by atoms with van der Waals surface area (Å²) in [5, 5.41) is 0.642. The first-order chi connectivity index (χ1) is 14.7. The monoisotopic (exact) mass is 409 g/mol. The maximum atomic E-state index is 6.20. The third-order valence-electron chi connectivity index (χ3n) is 4.76. The third-order valence-corrected chi connectivity index (χ3v) is 4.99. The second-order valence-corrected chi connectivity index (χ2v) is 7.14. The molecule has 0 bridgehead atoms. The van der Waals surface area contributed by atoms with Crippen molar-refractivity contribution in [3.63, 3.8) is 0 Å². The summed E-state index contributed by atoms with van der Waals surface area (Å²) in [6.07, 6.45) is 3.89. The number of benzene rings is 3. The summed E-state index contributed by atoms with van der Waals surface area (Å²) in [5.74, 6) is 1.83. The van der Waals surface area contributed by atoms with E-state index in [1.807, 2.05) is 85.8 Å². The lowest BCUT2D eigenvalue weighted by atomic mass is 10.0. The minimum Gasteiger partial charge on any atom is -0.208 e. The van der Waals surface area contributed by atoms with Gasteiger partial charge in [-0.3, -0.25) is 0 Å². The second-order valence-electron chi connectivity index (χ2n) is 6.71. The standard InChI is InChI=1S/C26H20ClN3/c1-3-18(4-2)19-13-15-21(16-14-19)25-28-24(20-9-6-5-7-10-20)29-26(30-25)22-11-8-12-23(27)17-22/h3-17H,1H2,2H3/b18-4+. The van der Waals surface area contributed by atoms with Crippen molar-refractivity contribution in [2.75, 3.05) is 0 Å². The Labute approximate surface area is 181 Å². The smallest absolute Gasteiger partial charge is 0.164 e. The Bertz CT molecular complexity index is 1210. The van der Waals surface area contributed by atoms with Crippen molar-refractivity contribution >= 4 is 17.2 Å². The van der Waals surface area contributed by atoms with Gasteiger partial charge in [-0.1, -0.05) is 97.1 Å². The maximum absolute atomic E-state index is 6.20. The van der Waals surface area contributed by atoms with Crippen molar-refractivity contribution in [1.82, 2.24) is 15.0 Å². The van der Waals surface area contributed by atoms with E-state index in [1.165, 1.54) is 0 Å². The topological polar surface area (TPSA) is 38.7 Å². The Morgan fingerprint density at radius 1 is 0.733 bits per heavy atom. The molecule has 146 valence electrons. The highest BCUT2D eigenvalue weighted by molar-refractivity contribution is 6.30. The van der Waals surface area contributed by atoms with Crippen molar-refractivity contribution in [3.05, 3.63) is 108 Å². The Morgan fingerprint density at radius 2 is 1.30 bits per heavy atom. The second kappa shape index (κ2) is 8.85. The normalized spacial score (nSPS) is 11.3. The van der Waals surface area contributed by atoms with Gasteiger partial charge in [0.15, 0.2) is 17.5 Å². The highest BCUT2D eigenvalue weighted by Crippen LogP contribution is 2.27. The SMILES string of the molecule is C=C/C(=C\C)c1ccc(-c2nc(-c3ccccc3)nc(-c3cccc(Cl)c3)n2)cc1. The van der Waals surface area contributed by atoms with Crippen LogP contribution in [0.25, 0.3) is 39.7 Å². The molecular weight excluding hydrogens is 390 g/mol. The van der Waals surface area contributed by atoms with Crippen LogP contribution in [-0.4, -0.2) is 15.0 Å². The van der Waals surface area contributed by atoms with E-state index in [1.54, 1.807) is 0 Å². The highest BCUT2D eigenvalue weighted by Gasteiger charge is 2.12. The van der Waals surface area contributed by atoms with Gasteiger partial charge < -0.3 is 0 Å². The van der Waals surface area contributed by atoms with E-state index in [0.717, 1.165) is 27.8 Å². The number of hydrogen-bond acceptors (Lipinski definition) is 3. The zero-order chi connectivity index (χ0) is 20.9. The molecule has 4 heteroatoms. The third kappa shape index (κ3) is 4.22. The Morgan fingerprint density at radius 3 is 1.87 bits per heavy atom. The van der Waals surface area contributed by atoms with E-state index in [4.69, 9.17) is 26.6 Å². The molecule has 0 unspecified atom stereocenters. The van der Waals surface area contributed by atoms with Crippen molar-refractivity contribution in [3.8, 4) is 34.2 Å². The molecule has 0 fully saturated rings. The van der Waals surface area contributed by atoms with Crippen molar-refractivity contribution in [1.29, 1.82) is 0 Å². The Balaban J connectivity index is 1.85. The minimum absolute atomic E-state index is 0.589. The lowest BCUT2D eigenvalue weighted by Crippen LogP contribution is -2.00. The van der Waals surface area contributed by atoms with Gasteiger partial charge in [-0.15, -0.1) is 0 Å². The molecule has 0 aliphatic heterocycles. The molecule has 0 aliphatic rings. The molecule has 0 saturated heterocycles. The van der Waals surface area contributed by atoms with Crippen LogP contribution in [0.3, 0.4) is 0 Å². The molecule has 4 rings (SSSR count). The largest absolute Gasteiger partial charge is 0.208 e. The zero-order valence-corrected chi connectivity index (χ0v) is 17.3. The summed E-state index contributed by atoms with van der Waals surface area (Å²) in [7, 11) is 0. The molecule has 3 nitrogen and oxygen atoms in total. The van der Waals surface area contributed by atoms with Crippen LogP contribution in [0.1, 0.15) is 12.5 Å². The summed E-state index contributed by atoms with van der Waals surface area (Å²) < 4.78 is 0. The Kier molecular flexibility index (Phi) is 5.82. The van der Waals surface area contributed by atoms with Gasteiger partial charge in [0, 0.05) is 21.7 Å². The van der Waals surface area contributed by atoms with Gasteiger partial charge in [0.05, 0.1) is 0 Å². The number of nitrogens with zero attached hydrogens (tertiary/aromatic N) is 3. The first kappa shape index (κ1) is 19.7. The minimum atomic E-state index is 0.589. The predicted molar refractivity (Wildman–Crippen MR) is 125 cm³/mol. The van der Waals surface area contributed by atoms with Crippen molar-refractivity contribution < 1.29 is 0 Å². The zero-order valence-electron chi connectivity index (χ0n) is 16.6. The first-order valence-electron chi connectivity index (χ1n) is 9.65. The van der Waals surface area contributed by atoms with Crippen LogP contribution < -0.4 is 0 Å².